The first-order valence-corrected chi connectivity index (χ1v) is 12.5. The lowest BCUT2D eigenvalue weighted by molar-refractivity contribution is -0.114. The number of carbonyl (C=O) groups is 1. The molecule has 0 bridgehead atoms. The molecule has 1 N–H and O–H groups in total. The van der Waals surface area contributed by atoms with Crippen LogP contribution in [0.25, 0.3) is 11.8 Å². The number of aliphatic imine (C=N–C) groups is 1. The van der Waals surface area contributed by atoms with Gasteiger partial charge in [-0.1, -0.05) is 25.1 Å². The Hall–Kier alpha value is -2.98. The fourth-order valence-electron chi connectivity index (χ4n) is 3.92. The zero-order valence-electron chi connectivity index (χ0n) is 18.4. The third-order valence-electron chi connectivity index (χ3n) is 5.59. The third-order valence-corrected chi connectivity index (χ3v) is 7.99. The first kappa shape index (κ1) is 22.2. The van der Waals surface area contributed by atoms with E-state index in [4.69, 9.17) is 5.41 Å². The number of nitrogens with zero attached hydrogens (tertiary/aromatic N) is 4. The molecule has 1 aromatic carbocycles. The Morgan fingerprint density at radius 2 is 1.81 bits per heavy atom. The van der Waals surface area contributed by atoms with Gasteiger partial charge in [-0.15, -0.1) is 0 Å². The number of aromatic nitrogens is 1. The molecule has 0 saturated carbocycles. The molecule has 0 spiro atoms. The summed E-state index contributed by atoms with van der Waals surface area (Å²) in [6.07, 6.45) is 1.61. The SMILES string of the molecule is CCS(=O)(=O)C1=NSC2=NC(=O)/C(=C\c3cc(C)n(-c4c(C)cccc4C)c3C)C(=N)N21. The lowest BCUT2D eigenvalue weighted by Gasteiger charge is -2.24. The van der Waals surface area contributed by atoms with Gasteiger partial charge in [0.15, 0.2) is 0 Å². The summed E-state index contributed by atoms with van der Waals surface area (Å²) in [4.78, 5) is 17.8. The predicted molar refractivity (Wildman–Crippen MR) is 129 cm³/mol. The maximum absolute atomic E-state index is 12.7. The maximum Gasteiger partial charge on any atom is 0.283 e. The lowest BCUT2D eigenvalue weighted by Crippen LogP contribution is -2.45. The number of hydrogen-bond acceptors (Lipinski definition) is 6. The zero-order valence-corrected chi connectivity index (χ0v) is 20.1. The number of sulfone groups is 1. The lowest BCUT2D eigenvalue weighted by atomic mass is 10.1. The average Bonchev–Trinajstić information content (AvgIpc) is 3.27. The van der Waals surface area contributed by atoms with Crippen LogP contribution in [0.15, 0.2) is 39.2 Å². The Bertz CT molecular complexity index is 1360. The van der Waals surface area contributed by atoms with Crippen LogP contribution in [0.5, 0.6) is 0 Å². The number of benzene rings is 1. The Morgan fingerprint density at radius 1 is 1.16 bits per heavy atom. The smallest absolute Gasteiger partial charge is 0.283 e. The minimum Gasteiger partial charge on any atom is -0.317 e. The standard InChI is InChI=1S/C22H23N5O3S2/c1-6-32(29,30)22-25-31-21-24-20(28)17(19(23)27(21)22)11-16-10-14(4)26(15(16)5)18-12(2)8-7-9-13(18)3/h7-11,23H,6H2,1-5H3/b17-11-,23-19?. The topological polar surface area (TPSA) is 108 Å². The highest BCUT2D eigenvalue weighted by atomic mass is 32.2. The van der Waals surface area contributed by atoms with E-state index in [1.807, 2.05) is 26.0 Å². The Morgan fingerprint density at radius 3 is 2.44 bits per heavy atom. The van der Waals surface area contributed by atoms with Crippen LogP contribution in [0.2, 0.25) is 0 Å². The summed E-state index contributed by atoms with van der Waals surface area (Å²) >= 11 is 0.794. The van der Waals surface area contributed by atoms with Crippen LogP contribution in [-0.2, 0) is 14.6 Å². The first-order chi connectivity index (χ1) is 15.1. The van der Waals surface area contributed by atoms with Crippen LogP contribution in [0.3, 0.4) is 0 Å². The third kappa shape index (κ3) is 3.43. The number of fused-ring (bicyclic) bond motifs is 1. The van der Waals surface area contributed by atoms with E-state index >= 15 is 0 Å². The van der Waals surface area contributed by atoms with E-state index in [0.29, 0.717) is 0 Å². The van der Waals surface area contributed by atoms with Crippen molar-refractivity contribution in [3.8, 4) is 5.69 Å². The summed E-state index contributed by atoms with van der Waals surface area (Å²) in [6.45, 7) is 9.56. The molecule has 2 aromatic rings. The van der Waals surface area contributed by atoms with E-state index in [1.165, 1.54) is 6.92 Å². The first-order valence-electron chi connectivity index (χ1n) is 10.0. The second kappa shape index (κ2) is 7.86. The molecular weight excluding hydrogens is 446 g/mol. The normalized spacial score (nSPS) is 17.7. The van der Waals surface area contributed by atoms with E-state index in [9.17, 15) is 13.2 Å². The van der Waals surface area contributed by atoms with Gasteiger partial charge in [-0.2, -0.15) is 9.39 Å². The summed E-state index contributed by atoms with van der Waals surface area (Å²) < 4.78 is 30.9. The van der Waals surface area contributed by atoms with Crippen molar-refractivity contribution in [2.75, 3.05) is 5.75 Å². The van der Waals surface area contributed by atoms with Crippen LogP contribution < -0.4 is 0 Å². The number of amides is 1. The Labute approximate surface area is 191 Å². The molecule has 0 atom stereocenters. The van der Waals surface area contributed by atoms with Gasteiger partial charge >= 0.3 is 0 Å². The highest BCUT2D eigenvalue weighted by Gasteiger charge is 2.42. The number of amidine groups is 3. The molecule has 0 unspecified atom stereocenters. The van der Waals surface area contributed by atoms with E-state index in [1.54, 1.807) is 6.08 Å². The van der Waals surface area contributed by atoms with Gasteiger partial charge in [-0.25, -0.2) is 13.3 Å². The molecule has 8 nitrogen and oxygen atoms in total. The van der Waals surface area contributed by atoms with Gasteiger partial charge < -0.3 is 4.57 Å². The van der Waals surface area contributed by atoms with Crippen LogP contribution >= 0.6 is 11.9 Å². The molecule has 1 aromatic heterocycles. The van der Waals surface area contributed by atoms with E-state index in [-0.39, 0.29) is 27.5 Å². The van der Waals surface area contributed by atoms with Crippen molar-refractivity contribution in [1.29, 1.82) is 5.41 Å². The van der Waals surface area contributed by atoms with E-state index < -0.39 is 15.7 Å². The molecule has 4 rings (SSSR count). The molecule has 3 heterocycles. The zero-order chi connectivity index (χ0) is 23.4. The number of rotatable bonds is 3. The molecule has 2 aliphatic rings. The van der Waals surface area contributed by atoms with Crippen molar-refractivity contribution >= 4 is 49.9 Å². The van der Waals surface area contributed by atoms with Gasteiger partial charge in [0.2, 0.25) is 20.2 Å². The summed E-state index contributed by atoms with van der Waals surface area (Å²) in [7, 11) is -3.68. The van der Waals surface area contributed by atoms with E-state index in [0.717, 1.165) is 50.6 Å². The van der Waals surface area contributed by atoms with Crippen LogP contribution in [0.1, 0.15) is 35.0 Å². The van der Waals surface area contributed by atoms with Gasteiger partial charge in [-0.3, -0.25) is 10.2 Å². The average molecular weight is 470 g/mol. The Kier molecular flexibility index (Phi) is 5.46. The van der Waals surface area contributed by atoms with Crippen molar-refractivity contribution in [3.05, 3.63) is 57.9 Å². The van der Waals surface area contributed by atoms with Crippen LogP contribution in [0.4, 0.5) is 0 Å². The van der Waals surface area contributed by atoms with Gasteiger partial charge in [-0.05, 0) is 56.5 Å². The van der Waals surface area contributed by atoms with Crippen molar-refractivity contribution < 1.29 is 13.2 Å². The second-order valence-corrected chi connectivity index (χ2v) is 10.6. The monoisotopic (exact) mass is 469 g/mol. The van der Waals surface area contributed by atoms with Crippen molar-refractivity contribution in [1.82, 2.24) is 9.47 Å². The maximum atomic E-state index is 12.7. The van der Waals surface area contributed by atoms with Gasteiger partial charge in [0.05, 0.1) is 29.0 Å². The summed E-state index contributed by atoms with van der Waals surface area (Å²) in [5.41, 5.74) is 6.02. The molecule has 2 aliphatic heterocycles. The quantitative estimate of drug-likeness (QED) is 0.544. The van der Waals surface area contributed by atoms with Crippen molar-refractivity contribution in [2.45, 2.75) is 34.6 Å². The molecule has 0 aliphatic carbocycles. The Balaban J connectivity index is 1.81. The van der Waals surface area contributed by atoms with Crippen LogP contribution in [0, 0.1) is 33.1 Å². The number of hydrogen-bond donors (Lipinski definition) is 1. The summed E-state index contributed by atoms with van der Waals surface area (Å²) in [5, 5.41) is 8.42. The predicted octanol–water partition coefficient (Wildman–Crippen LogP) is 3.72. The molecular formula is C22H23N5O3S2. The molecule has 166 valence electrons. The van der Waals surface area contributed by atoms with Gasteiger partial charge in [0.25, 0.3) is 5.91 Å². The number of aryl methyl sites for hydroxylation is 3. The minimum atomic E-state index is -3.68. The summed E-state index contributed by atoms with van der Waals surface area (Å²) in [6, 6.07) is 8.07. The van der Waals surface area contributed by atoms with Crippen molar-refractivity contribution in [2.24, 2.45) is 9.39 Å². The van der Waals surface area contributed by atoms with Crippen molar-refractivity contribution in [3.63, 3.8) is 0 Å². The molecule has 0 radical (unpaired) electrons. The second-order valence-electron chi connectivity index (χ2n) is 7.71. The minimum absolute atomic E-state index is 0.0250. The number of para-hydroxylation sites is 1. The fraction of sp³-hybridized carbons (Fsp3) is 0.273. The summed E-state index contributed by atoms with van der Waals surface area (Å²) in [5.74, 6) is -0.985. The highest BCUT2D eigenvalue weighted by Crippen LogP contribution is 2.32. The number of carbonyl (C=O) groups excluding carboxylic acids is 1. The molecule has 10 heteroatoms. The van der Waals surface area contributed by atoms with Gasteiger partial charge in [0.1, 0.15) is 5.84 Å². The molecule has 0 fully saturated rings. The van der Waals surface area contributed by atoms with Crippen LogP contribution in [-0.4, -0.2) is 45.7 Å². The molecule has 32 heavy (non-hydrogen) atoms. The highest BCUT2D eigenvalue weighted by molar-refractivity contribution is 8.16. The van der Waals surface area contributed by atoms with Gasteiger partial charge in [0, 0.05) is 11.4 Å². The molecule has 0 saturated heterocycles. The van der Waals surface area contributed by atoms with E-state index in [2.05, 4.69) is 39.9 Å². The molecule has 1 amide bonds. The fourth-order valence-corrected chi connectivity index (χ4v) is 5.88. The number of nitrogens with one attached hydrogen (secondary N) is 1. The largest absolute Gasteiger partial charge is 0.317 e.